The number of nitrogens with zero attached hydrogens (tertiary/aromatic N) is 4. The molecule has 6 aliphatic rings. The molecule has 0 aromatic heterocycles. The third kappa shape index (κ3) is 23.0. The number of benzene rings is 3. The van der Waals surface area contributed by atoms with Crippen molar-refractivity contribution < 1.29 is 95.2 Å². The molecule has 1 fully saturated rings. The molecule has 0 bridgehead atoms. The van der Waals surface area contributed by atoms with Crippen LogP contribution in [0.4, 0.5) is 17.1 Å². The highest BCUT2D eigenvalue weighted by molar-refractivity contribution is 6.13. The van der Waals surface area contributed by atoms with Gasteiger partial charge in [0.1, 0.15) is 0 Å². The zero-order valence-electron chi connectivity index (χ0n) is 58.4. The van der Waals surface area contributed by atoms with Crippen LogP contribution in [0, 0.1) is 29.6 Å². The fraction of sp³-hybridized carbons (Fsp3) is 0.541. The topological polar surface area (TPSA) is 315 Å². The van der Waals surface area contributed by atoms with Crippen molar-refractivity contribution in [3.05, 3.63) is 95.2 Å². The lowest BCUT2D eigenvalue weighted by atomic mass is 9.89. The zero-order valence-corrected chi connectivity index (χ0v) is 58.4. The van der Waals surface area contributed by atoms with E-state index in [-0.39, 0.29) is 105 Å². The molecule has 1 saturated carbocycles. The summed E-state index contributed by atoms with van der Waals surface area (Å²) in [7, 11) is 3.07. The molecule has 4 aliphatic heterocycles. The fourth-order valence-electron chi connectivity index (χ4n) is 11.9. The molecule has 27 heteroatoms. The van der Waals surface area contributed by atoms with Crippen LogP contribution in [0.1, 0.15) is 98.4 Å². The zero-order chi connectivity index (χ0) is 71.5. The van der Waals surface area contributed by atoms with Crippen molar-refractivity contribution in [3.63, 3.8) is 0 Å². The SMILES string of the molecule is COc1cc2c(cc1OCCCOc1cc3c(cc1OC)C(=O)N1C=C(C4CC4)C[C@H]1C=N3)N=C[C@@H]1CC(c3ccc(NC(=O)[C@H](C)CC(=O)C(NC(=O)CCOCCOCCOCCOCCOCCOCCOCCOCCNC(=O)CCN4C(=O)C=CC4=O)C(C)C)cc3)=CC1C2=O. The summed E-state index contributed by atoms with van der Waals surface area (Å²) in [5, 5.41) is 8.43. The Morgan fingerprint density at radius 3 is 1.68 bits per heavy atom. The lowest BCUT2D eigenvalue weighted by Crippen LogP contribution is -2.45. The van der Waals surface area contributed by atoms with Crippen LogP contribution < -0.4 is 34.9 Å². The van der Waals surface area contributed by atoms with Gasteiger partial charge in [-0.15, -0.1) is 0 Å². The molecule has 4 heterocycles. The van der Waals surface area contributed by atoms with Crippen molar-refractivity contribution in [1.82, 2.24) is 20.4 Å². The molecule has 3 aromatic rings. The standard InChI is InChI=1S/C74H95N7O20/c1-48(2)71(79-68(84)16-21-92-23-25-94-27-29-96-31-33-98-35-36-99-34-32-97-30-28-95-26-24-93-22-17-75-67(83)15-18-80-69(85)13-14-70(80)86)62(82)37-49(3)73(88)78-55-11-9-50(10-12-55)52-38-53-45-76-60-43-65(63(90-4)41-58(60)72(87)57(53)40-52)100-19-6-20-101-66-44-61-59(42-64(66)91-5)74(89)81-47-54(51-7-8-51)39-56(81)46-77-61/h9-14,40-49,51,53,56-57,71H,6-8,15-39H2,1-5H3,(H,75,83)(H,78,88)(H,79,84)/t49-,53+,56+,57?,71?/m1/s1. The first kappa shape index (κ1) is 76.6. The van der Waals surface area contributed by atoms with Crippen LogP contribution >= 0.6 is 0 Å². The van der Waals surface area contributed by atoms with Gasteiger partial charge in [0.15, 0.2) is 34.6 Å². The molecule has 2 unspecified atom stereocenters. The molecular formula is C74H95N7O20. The second-order valence-electron chi connectivity index (χ2n) is 25.4. The van der Waals surface area contributed by atoms with E-state index in [2.05, 4.69) is 16.0 Å². The molecule has 101 heavy (non-hydrogen) atoms. The Bertz CT molecular complexity index is 3490. The van der Waals surface area contributed by atoms with Gasteiger partial charge in [-0.05, 0) is 78.5 Å². The molecule has 6 amide bonds. The van der Waals surface area contributed by atoms with Gasteiger partial charge >= 0.3 is 0 Å². The van der Waals surface area contributed by atoms with Crippen LogP contribution in [0.3, 0.4) is 0 Å². The second kappa shape index (κ2) is 39.6. The van der Waals surface area contributed by atoms with Gasteiger partial charge in [0.25, 0.3) is 17.7 Å². The monoisotopic (exact) mass is 1400 g/mol. The number of anilines is 1. The average Bonchev–Trinajstić information content (AvgIpc) is 1.65. The minimum Gasteiger partial charge on any atom is -0.493 e. The minimum absolute atomic E-state index is 0.0300. The highest BCUT2D eigenvalue weighted by Gasteiger charge is 2.39. The minimum atomic E-state index is -0.783. The van der Waals surface area contributed by atoms with E-state index in [0.717, 1.165) is 22.5 Å². The van der Waals surface area contributed by atoms with Gasteiger partial charge in [-0.2, -0.15) is 0 Å². The number of imide groups is 1. The highest BCUT2D eigenvalue weighted by atomic mass is 16.6. The van der Waals surface area contributed by atoms with Gasteiger partial charge in [0.2, 0.25) is 17.7 Å². The van der Waals surface area contributed by atoms with E-state index >= 15 is 0 Å². The third-order valence-electron chi connectivity index (χ3n) is 17.6. The maximum atomic E-state index is 14.2. The molecule has 3 aromatic carbocycles. The maximum Gasteiger partial charge on any atom is 0.260 e. The number of fused-ring (bicyclic) bond motifs is 4. The Morgan fingerprint density at radius 1 is 0.594 bits per heavy atom. The molecule has 27 nitrogen and oxygen atoms in total. The van der Waals surface area contributed by atoms with E-state index in [0.29, 0.717) is 169 Å². The molecular weight excluding hydrogens is 1310 g/mol. The summed E-state index contributed by atoms with van der Waals surface area (Å²) in [6.07, 6.45) is 14.3. The number of methoxy groups -OCH3 is 2. The molecule has 546 valence electrons. The third-order valence-corrected chi connectivity index (χ3v) is 17.6. The summed E-state index contributed by atoms with van der Waals surface area (Å²) < 4.78 is 67.8. The number of hydrogen-bond acceptors (Lipinski definition) is 22. The fourth-order valence-corrected chi connectivity index (χ4v) is 11.9. The quantitative estimate of drug-likeness (QED) is 0.0378. The summed E-state index contributed by atoms with van der Waals surface area (Å²) in [4.78, 5) is 115. The number of aliphatic imine (C=N–C) groups is 2. The first-order valence-corrected chi connectivity index (χ1v) is 34.8. The number of carbonyl (C=O) groups is 8. The van der Waals surface area contributed by atoms with E-state index in [9.17, 15) is 38.4 Å². The van der Waals surface area contributed by atoms with Gasteiger partial charge in [-0.3, -0.25) is 53.2 Å². The molecule has 5 atom stereocenters. The molecule has 9 rings (SSSR count). The number of rotatable bonds is 47. The van der Waals surface area contributed by atoms with Crippen molar-refractivity contribution in [2.45, 2.75) is 84.2 Å². The van der Waals surface area contributed by atoms with Crippen LogP contribution in [0.25, 0.3) is 5.57 Å². The van der Waals surface area contributed by atoms with Gasteiger partial charge < -0.3 is 77.7 Å². The number of carbonyl (C=O) groups excluding carboxylic acids is 8. The van der Waals surface area contributed by atoms with Crippen LogP contribution in [0.15, 0.2) is 88.5 Å². The van der Waals surface area contributed by atoms with Crippen LogP contribution in [-0.2, 0) is 66.7 Å². The van der Waals surface area contributed by atoms with Gasteiger partial charge in [0.05, 0.1) is 162 Å². The van der Waals surface area contributed by atoms with Crippen molar-refractivity contribution in [1.29, 1.82) is 0 Å². The van der Waals surface area contributed by atoms with E-state index in [1.807, 2.05) is 50.7 Å². The summed E-state index contributed by atoms with van der Waals surface area (Å²) in [6, 6.07) is 13.4. The normalized spacial score (nSPS) is 17.9. The van der Waals surface area contributed by atoms with Crippen LogP contribution in [0.5, 0.6) is 23.0 Å². The highest BCUT2D eigenvalue weighted by Crippen LogP contribution is 2.46. The average molecular weight is 1400 g/mol. The van der Waals surface area contributed by atoms with Crippen LogP contribution in [-0.4, -0.2) is 228 Å². The molecule has 2 aliphatic carbocycles. The molecule has 0 spiro atoms. The Morgan fingerprint density at radius 2 is 1.13 bits per heavy atom. The van der Waals surface area contributed by atoms with E-state index in [1.54, 1.807) is 55.3 Å². The van der Waals surface area contributed by atoms with Crippen molar-refractivity contribution in [2.75, 3.05) is 152 Å². The summed E-state index contributed by atoms with van der Waals surface area (Å²) in [5.41, 5.74) is 5.67. The van der Waals surface area contributed by atoms with Crippen molar-refractivity contribution in [3.8, 4) is 23.0 Å². The number of nitrogens with one attached hydrogen (secondary N) is 3. The Labute approximate surface area is 588 Å². The van der Waals surface area contributed by atoms with Gasteiger partial charge in [0, 0.05) is 111 Å². The lowest BCUT2D eigenvalue weighted by Gasteiger charge is -2.23. The lowest BCUT2D eigenvalue weighted by molar-refractivity contribution is -0.137. The number of amides is 6. The van der Waals surface area contributed by atoms with E-state index in [1.165, 1.54) is 37.7 Å². The Hall–Kier alpha value is -8.54. The van der Waals surface area contributed by atoms with E-state index in [4.69, 9.17) is 66.8 Å². The van der Waals surface area contributed by atoms with Crippen molar-refractivity contribution >= 4 is 82.1 Å². The van der Waals surface area contributed by atoms with Gasteiger partial charge in [-0.25, -0.2) is 0 Å². The molecule has 0 saturated heterocycles. The second-order valence-corrected chi connectivity index (χ2v) is 25.4. The summed E-state index contributed by atoms with van der Waals surface area (Å²) >= 11 is 0. The first-order valence-electron chi connectivity index (χ1n) is 34.8. The maximum absolute atomic E-state index is 14.2. The number of ether oxygens (including phenoxy) is 12. The van der Waals surface area contributed by atoms with E-state index < -0.39 is 29.7 Å². The summed E-state index contributed by atoms with van der Waals surface area (Å²) in [5.74, 6) is -1.40. The number of ketones is 2. The predicted octanol–water partition coefficient (Wildman–Crippen LogP) is 7.02. The number of allylic oxidation sites excluding steroid dienone is 2. The van der Waals surface area contributed by atoms with Crippen molar-refractivity contribution in [2.24, 2.45) is 39.6 Å². The smallest absolute Gasteiger partial charge is 0.260 e. The number of hydrogen-bond donors (Lipinski definition) is 3. The largest absolute Gasteiger partial charge is 0.493 e. The molecule has 0 radical (unpaired) electrons. The summed E-state index contributed by atoms with van der Waals surface area (Å²) in [6.45, 7) is 12.0. The predicted molar refractivity (Wildman–Crippen MR) is 372 cm³/mol. The van der Waals surface area contributed by atoms with Crippen LogP contribution in [0.2, 0.25) is 0 Å². The van der Waals surface area contributed by atoms with Gasteiger partial charge in [-0.1, -0.05) is 39.0 Å². The Balaban J connectivity index is 0.570. The Kier molecular flexibility index (Phi) is 30.1. The first-order chi connectivity index (χ1) is 49.1. The number of Topliss-reactive ketones (excluding diaryl/α,β-unsaturated/α-hetero) is 2. The molecule has 3 N–H and O–H groups in total.